The zero-order valence-electron chi connectivity index (χ0n) is 13.7. The second-order valence-electron chi connectivity index (χ2n) is 5.32. The van der Waals surface area contributed by atoms with Crippen LogP contribution in [0.3, 0.4) is 0 Å². The van der Waals surface area contributed by atoms with Crippen molar-refractivity contribution in [2.24, 2.45) is 0 Å². The predicted octanol–water partition coefficient (Wildman–Crippen LogP) is 3.88. The quantitative estimate of drug-likeness (QED) is 0.598. The SMILES string of the molecule is COc1ccc(/C=C/C(=O)OCc2cc(Cl)c3c(c2)OCCO3)cc1. The van der Waals surface area contributed by atoms with E-state index in [4.69, 9.17) is 30.5 Å². The number of hydrogen-bond acceptors (Lipinski definition) is 5. The number of hydrogen-bond donors (Lipinski definition) is 0. The summed E-state index contributed by atoms with van der Waals surface area (Å²) >= 11 is 6.16. The summed E-state index contributed by atoms with van der Waals surface area (Å²) in [6.07, 6.45) is 3.06. The molecule has 0 aliphatic carbocycles. The Hall–Kier alpha value is -2.66. The number of carbonyl (C=O) groups excluding carboxylic acids is 1. The molecule has 2 aromatic carbocycles. The molecule has 130 valence electrons. The predicted molar refractivity (Wildman–Crippen MR) is 94.3 cm³/mol. The van der Waals surface area contributed by atoms with Crippen molar-refractivity contribution in [3.05, 3.63) is 58.6 Å². The molecule has 0 unspecified atom stereocenters. The lowest BCUT2D eigenvalue weighted by Gasteiger charge is -2.20. The number of methoxy groups -OCH3 is 1. The highest BCUT2D eigenvalue weighted by atomic mass is 35.5. The Morgan fingerprint density at radius 2 is 1.96 bits per heavy atom. The summed E-state index contributed by atoms with van der Waals surface area (Å²) in [6.45, 7) is 1.04. The molecule has 0 N–H and O–H groups in total. The van der Waals surface area contributed by atoms with Crippen LogP contribution in [0.15, 0.2) is 42.5 Å². The van der Waals surface area contributed by atoms with Gasteiger partial charge in [-0.2, -0.15) is 0 Å². The first kappa shape index (κ1) is 17.2. The normalized spacial score (nSPS) is 12.9. The van der Waals surface area contributed by atoms with Gasteiger partial charge in [-0.25, -0.2) is 4.79 Å². The van der Waals surface area contributed by atoms with E-state index in [1.165, 1.54) is 6.08 Å². The highest BCUT2D eigenvalue weighted by Crippen LogP contribution is 2.38. The van der Waals surface area contributed by atoms with Crippen molar-refractivity contribution < 1.29 is 23.7 Å². The molecular formula is C19H17ClO5. The van der Waals surface area contributed by atoms with Crippen LogP contribution in [0.25, 0.3) is 6.08 Å². The minimum Gasteiger partial charge on any atom is -0.497 e. The van der Waals surface area contributed by atoms with Crippen LogP contribution in [0.1, 0.15) is 11.1 Å². The van der Waals surface area contributed by atoms with E-state index in [0.29, 0.717) is 29.7 Å². The van der Waals surface area contributed by atoms with Gasteiger partial charge in [-0.3, -0.25) is 0 Å². The fraction of sp³-hybridized carbons (Fsp3) is 0.211. The Bertz CT molecular complexity index is 783. The monoisotopic (exact) mass is 360 g/mol. The van der Waals surface area contributed by atoms with Crippen molar-refractivity contribution in [1.29, 1.82) is 0 Å². The Kier molecular flexibility index (Phi) is 5.46. The number of fused-ring (bicyclic) bond motifs is 1. The third kappa shape index (κ3) is 4.45. The van der Waals surface area contributed by atoms with Crippen molar-refractivity contribution in [3.63, 3.8) is 0 Å². The average Bonchev–Trinajstić information content (AvgIpc) is 2.65. The standard InChI is InChI=1S/C19H17ClO5/c1-22-15-5-2-13(3-6-15)4-7-18(21)25-12-14-10-16(20)19-17(11-14)23-8-9-24-19/h2-7,10-11H,8-9,12H2,1H3/b7-4+. The molecule has 1 aliphatic heterocycles. The third-order valence-electron chi connectivity index (χ3n) is 3.57. The van der Waals surface area contributed by atoms with Crippen LogP contribution in [0.4, 0.5) is 0 Å². The summed E-state index contributed by atoms with van der Waals surface area (Å²) in [5.41, 5.74) is 1.61. The van der Waals surface area contributed by atoms with Gasteiger partial charge < -0.3 is 18.9 Å². The van der Waals surface area contributed by atoms with Crippen LogP contribution in [-0.4, -0.2) is 26.3 Å². The van der Waals surface area contributed by atoms with E-state index in [1.54, 1.807) is 25.3 Å². The molecule has 2 aromatic rings. The van der Waals surface area contributed by atoms with E-state index < -0.39 is 5.97 Å². The molecule has 25 heavy (non-hydrogen) atoms. The summed E-state index contributed by atoms with van der Waals surface area (Å²) in [5, 5.41) is 0.442. The Morgan fingerprint density at radius 1 is 1.20 bits per heavy atom. The summed E-state index contributed by atoms with van der Waals surface area (Å²) in [7, 11) is 1.60. The number of halogens is 1. The van der Waals surface area contributed by atoms with Gasteiger partial charge in [0.2, 0.25) is 0 Å². The van der Waals surface area contributed by atoms with Gasteiger partial charge in [-0.05, 0) is 41.5 Å². The lowest BCUT2D eigenvalue weighted by Crippen LogP contribution is -2.16. The van der Waals surface area contributed by atoms with E-state index >= 15 is 0 Å². The molecule has 3 rings (SSSR count). The number of rotatable bonds is 5. The lowest BCUT2D eigenvalue weighted by atomic mass is 10.2. The molecule has 0 atom stereocenters. The van der Waals surface area contributed by atoms with E-state index in [-0.39, 0.29) is 6.61 Å². The zero-order valence-corrected chi connectivity index (χ0v) is 14.4. The Morgan fingerprint density at radius 3 is 2.72 bits per heavy atom. The summed E-state index contributed by atoms with van der Waals surface area (Å²) in [4.78, 5) is 11.9. The molecule has 5 nitrogen and oxygen atoms in total. The lowest BCUT2D eigenvalue weighted by molar-refractivity contribution is -0.138. The Balaban J connectivity index is 1.58. The minimum absolute atomic E-state index is 0.0994. The molecule has 0 aromatic heterocycles. The fourth-order valence-corrected chi connectivity index (χ4v) is 2.62. The van der Waals surface area contributed by atoms with Gasteiger partial charge in [0.05, 0.1) is 12.1 Å². The Labute approximate surface area is 150 Å². The van der Waals surface area contributed by atoms with Gasteiger partial charge in [0, 0.05) is 6.08 Å². The number of ether oxygens (including phenoxy) is 4. The van der Waals surface area contributed by atoms with Gasteiger partial charge in [0.25, 0.3) is 0 Å². The van der Waals surface area contributed by atoms with E-state index in [9.17, 15) is 4.79 Å². The summed E-state index contributed by atoms with van der Waals surface area (Å²) in [6, 6.07) is 10.8. The zero-order chi connectivity index (χ0) is 17.6. The fourth-order valence-electron chi connectivity index (χ4n) is 2.33. The second-order valence-corrected chi connectivity index (χ2v) is 5.72. The maximum absolute atomic E-state index is 11.9. The molecule has 0 fully saturated rings. The van der Waals surface area contributed by atoms with Crippen molar-refractivity contribution >= 4 is 23.6 Å². The molecule has 1 aliphatic rings. The first-order valence-electron chi connectivity index (χ1n) is 7.72. The van der Waals surface area contributed by atoms with Gasteiger partial charge in [-0.1, -0.05) is 23.7 Å². The van der Waals surface area contributed by atoms with Gasteiger partial charge in [-0.15, -0.1) is 0 Å². The van der Waals surface area contributed by atoms with Gasteiger partial charge in [0.1, 0.15) is 25.6 Å². The largest absolute Gasteiger partial charge is 0.497 e. The van der Waals surface area contributed by atoms with Crippen LogP contribution >= 0.6 is 11.6 Å². The number of carbonyl (C=O) groups is 1. The van der Waals surface area contributed by atoms with Crippen molar-refractivity contribution in [3.8, 4) is 17.2 Å². The third-order valence-corrected chi connectivity index (χ3v) is 3.85. The maximum Gasteiger partial charge on any atom is 0.331 e. The van der Waals surface area contributed by atoms with Crippen LogP contribution in [-0.2, 0) is 16.1 Å². The number of esters is 1. The highest BCUT2D eigenvalue weighted by molar-refractivity contribution is 6.32. The maximum atomic E-state index is 11.9. The van der Waals surface area contributed by atoms with E-state index in [1.807, 2.05) is 24.3 Å². The minimum atomic E-state index is -0.443. The molecule has 6 heteroatoms. The van der Waals surface area contributed by atoms with Crippen LogP contribution in [0, 0.1) is 0 Å². The van der Waals surface area contributed by atoms with Crippen molar-refractivity contribution in [2.75, 3.05) is 20.3 Å². The van der Waals surface area contributed by atoms with Crippen LogP contribution < -0.4 is 14.2 Å². The first-order valence-corrected chi connectivity index (χ1v) is 8.10. The highest BCUT2D eigenvalue weighted by Gasteiger charge is 2.17. The first-order chi connectivity index (χ1) is 12.2. The van der Waals surface area contributed by atoms with Gasteiger partial charge >= 0.3 is 5.97 Å². The van der Waals surface area contributed by atoms with Crippen LogP contribution in [0.2, 0.25) is 5.02 Å². The molecule has 1 heterocycles. The van der Waals surface area contributed by atoms with Gasteiger partial charge in [0.15, 0.2) is 11.5 Å². The average molecular weight is 361 g/mol. The summed E-state index contributed by atoms with van der Waals surface area (Å²) in [5.74, 6) is 1.41. The molecule has 0 bridgehead atoms. The van der Waals surface area contributed by atoms with Crippen LogP contribution in [0.5, 0.6) is 17.2 Å². The molecule has 0 amide bonds. The topological polar surface area (TPSA) is 54.0 Å². The second kappa shape index (κ2) is 7.94. The molecule has 0 saturated heterocycles. The van der Waals surface area contributed by atoms with Crippen molar-refractivity contribution in [1.82, 2.24) is 0 Å². The van der Waals surface area contributed by atoms with E-state index in [2.05, 4.69) is 0 Å². The summed E-state index contributed by atoms with van der Waals surface area (Å²) < 4.78 is 21.3. The molecule has 0 saturated carbocycles. The van der Waals surface area contributed by atoms with E-state index in [0.717, 1.165) is 16.9 Å². The molecule has 0 spiro atoms. The molecule has 0 radical (unpaired) electrons. The van der Waals surface area contributed by atoms with Crippen molar-refractivity contribution in [2.45, 2.75) is 6.61 Å². The number of benzene rings is 2. The smallest absolute Gasteiger partial charge is 0.331 e. The molecular weight excluding hydrogens is 344 g/mol.